The number of hydrogen-bond acceptors (Lipinski definition) is 5. The van der Waals surface area contributed by atoms with Gasteiger partial charge < -0.3 is 19.8 Å². The summed E-state index contributed by atoms with van der Waals surface area (Å²) in [6.45, 7) is 4.79. The highest BCUT2D eigenvalue weighted by molar-refractivity contribution is 7.47. The standard InChI is InChI=1S/C47H91N2O6P/c1-6-8-10-12-14-16-18-19-20-21-22-23-24-25-26-27-28-29-31-33-35-37-39-41-47(51)48-45(44-55-56(52,53)54-43-42-49(3,4)5)46(50)40-38-36-34-32-30-17-15-13-11-9-7-2/h18-19,21-22,38,40,45-46,50H,6-17,20,23-37,39,41-44H2,1-5H3,(H-,48,51,52,53)/p+1/b19-18-,22-21-,40-38+. The molecule has 3 N–H and O–H groups in total. The first-order chi connectivity index (χ1) is 27.0. The molecule has 0 aliphatic rings. The van der Waals surface area contributed by atoms with E-state index in [2.05, 4.69) is 43.5 Å². The van der Waals surface area contributed by atoms with Crippen LogP contribution in [0, 0.1) is 0 Å². The van der Waals surface area contributed by atoms with Gasteiger partial charge in [0.1, 0.15) is 13.2 Å². The van der Waals surface area contributed by atoms with Crippen molar-refractivity contribution >= 4 is 13.7 Å². The first kappa shape index (κ1) is 54.7. The van der Waals surface area contributed by atoms with E-state index in [4.69, 9.17) is 9.05 Å². The van der Waals surface area contributed by atoms with E-state index in [9.17, 15) is 19.4 Å². The van der Waals surface area contributed by atoms with Crippen molar-refractivity contribution in [1.29, 1.82) is 0 Å². The van der Waals surface area contributed by atoms with Crippen LogP contribution in [-0.4, -0.2) is 73.4 Å². The Kier molecular flexibility index (Phi) is 38.3. The van der Waals surface area contributed by atoms with E-state index in [0.29, 0.717) is 17.4 Å². The second kappa shape index (κ2) is 39.2. The zero-order chi connectivity index (χ0) is 41.4. The topological polar surface area (TPSA) is 105 Å². The van der Waals surface area contributed by atoms with E-state index < -0.39 is 20.0 Å². The molecule has 0 aromatic carbocycles. The quantitative estimate of drug-likeness (QED) is 0.0245. The molecular weight excluding hydrogens is 719 g/mol. The lowest BCUT2D eigenvalue weighted by atomic mass is 10.0. The number of carbonyl (C=O) groups excluding carboxylic acids is 1. The van der Waals surface area contributed by atoms with Gasteiger partial charge in [0.15, 0.2) is 0 Å². The van der Waals surface area contributed by atoms with E-state index in [-0.39, 0.29) is 19.1 Å². The number of quaternary nitrogens is 1. The maximum absolute atomic E-state index is 12.9. The van der Waals surface area contributed by atoms with Gasteiger partial charge in [-0.2, -0.15) is 0 Å². The predicted molar refractivity (Wildman–Crippen MR) is 240 cm³/mol. The molecule has 0 aromatic heterocycles. The van der Waals surface area contributed by atoms with Gasteiger partial charge in [-0.15, -0.1) is 0 Å². The second-order valence-electron chi connectivity index (χ2n) is 17.1. The highest BCUT2D eigenvalue weighted by Gasteiger charge is 2.27. The Bertz CT molecular complexity index is 1010. The summed E-state index contributed by atoms with van der Waals surface area (Å²) in [7, 11) is 1.57. The third kappa shape index (κ3) is 40.9. The number of nitrogens with zero attached hydrogens (tertiary/aromatic N) is 1. The molecule has 0 rings (SSSR count). The van der Waals surface area contributed by atoms with Crippen molar-refractivity contribution in [3.05, 3.63) is 36.5 Å². The lowest BCUT2D eigenvalue weighted by molar-refractivity contribution is -0.870. The van der Waals surface area contributed by atoms with Crippen LogP contribution >= 0.6 is 7.82 Å². The van der Waals surface area contributed by atoms with Gasteiger partial charge in [-0.25, -0.2) is 4.57 Å². The molecule has 0 fully saturated rings. The molecule has 0 spiro atoms. The van der Waals surface area contributed by atoms with Crippen LogP contribution in [0.15, 0.2) is 36.5 Å². The van der Waals surface area contributed by atoms with Gasteiger partial charge in [0.2, 0.25) is 5.91 Å². The minimum Gasteiger partial charge on any atom is -0.387 e. The molecule has 3 atom stereocenters. The van der Waals surface area contributed by atoms with Crippen LogP contribution in [0.25, 0.3) is 0 Å². The Morgan fingerprint density at radius 3 is 1.46 bits per heavy atom. The van der Waals surface area contributed by atoms with Gasteiger partial charge in [0, 0.05) is 6.42 Å². The van der Waals surface area contributed by atoms with E-state index in [0.717, 1.165) is 44.9 Å². The van der Waals surface area contributed by atoms with Crippen LogP contribution in [0.4, 0.5) is 0 Å². The van der Waals surface area contributed by atoms with Crippen molar-refractivity contribution < 1.29 is 32.9 Å². The fourth-order valence-electron chi connectivity index (χ4n) is 6.60. The molecule has 56 heavy (non-hydrogen) atoms. The normalized spacial score (nSPS) is 14.6. The average Bonchev–Trinajstić information content (AvgIpc) is 3.15. The monoisotopic (exact) mass is 812 g/mol. The number of rotatable bonds is 42. The van der Waals surface area contributed by atoms with Crippen molar-refractivity contribution in [2.24, 2.45) is 0 Å². The highest BCUT2D eigenvalue weighted by Crippen LogP contribution is 2.43. The third-order valence-corrected chi connectivity index (χ3v) is 11.3. The first-order valence-electron chi connectivity index (χ1n) is 23.4. The Hall–Kier alpha value is -1.28. The molecule has 0 heterocycles. The molecule has 8 nitrogen and oxygen atoms in total. The number of unbranched alkanes of at least 4 members (excludes halogenated alkanes) is 25. The summed E-state index contributed by atoms with van der Waals surface area (Å²) in [5.41, 5.74) is 0. The summed E-state index contributed by atoms with van der Waals surface area (Å²) in [5.74, 6) is -0.181. The Morgan fingerprint density at radius 1 is 0.607 bits per heavy atom. The van der Waals surface area contributed by atoms with Gasteiger partial charge in [-0.1, -0.05) is 185 Å². The van der Waals surface area contributed by atoms with Crippen molar-refractivity contribution in [3.8, 4) is 0 Å². The van der Waals surface area contributed by atoms with Crippen LogP contribution in [-0.2, 0) is 18.4 Å². The van der Waals surface area contributed by atoms with Gasteiger partial charge in [-0.3, -0.25) is 13.8 Å². The Balaban J connectivity index is 4.26. The molecule has 3 unspecified atom stereocenters. The molecule has 0 aromatic rings. The number of hydrogen-bond donors (Lipinski definition) is 3. The number of amides is 1. The molecule has 0 saturated heterocycles. The molecule has 0 radical (unpaired) electrons. The minimum absolute atomic E-state index is 0.0610. The van der Waals surface area contributed by atoms with Crippen LogP contribution in [0.3, 0.4) is 0 Å². The average molecular weight is 812 g/mol. The molecule has 330 valence electrons. The number of aliphatic hydroxyl groups excluding tert-OH is 1. The van der Waals surface area contributed by atoms with Crippen LogP contribution < -0.4 is 5.32 Å². The SMILES string of the molecule is CCCCCCC/C=C\C/C=C\CCCCCCCCCCCCCC(=O)NC(COP(=O)(O)OCC[N+](C)(C)C)C(O)/C=C/CCCCCCCCCCC. The number of phosphoric acid groups is 1. The Morgan fingerprint density at radius 2 is 1.02 bits per heavy atom. The van der Waals surface area contributed by atoms with E-state index >= 15 is 0 Å². The fourth-order valence-corrected chi connectivity index (χ4v) is 7.34. The summed E-state index contributed by atoms with van der Waals surface area (Å²) in [4.78, 5) is 23.1. The number of allylic oxidation sites excluding steroid dienone is 5. The van der Waals surface area contributed by atoms with Crippen molar-refractivity contribution in [1.82, 2.24) is 5.32 Å². The number of phosphoric ester groups is 1. The summed E-state index contributed by atoms with van der Waals surface area (Å²) in [6, 6.07) is -0.845. The summed E-state index contributed by atoms with van der Waals surface area (Å²) in [5, 5.41) is 13.8. The van der Waals surface area contributed by atoms with Gasteiger partial charge in [0.25, 0.3) is 0 Å². The minimum atomic E-state index is -4.33. The highest BCUT2D eigenvalue weighted by atomic mass is 31.2. The molecule has 0 aliphatic heterocycles. The number of carbonyl (C=O) groups is 1. The lowest BCUT2D eigenvalue weighted by Crippen LogP contribution is -2.45. The van der Waals surface area contributed by atoms with Crippen molar-refractivity contribution in [2.45, 2.75) is 219 Å². The largest absolute Gasteiger partial charge is 0.472 e. The lowest BCUT2D eigenvalue weighted by Gasteiger charge is -2.25. The summed E-state index contributed by atoms with van der Waals surface area (Å²) < 4.78 is 23.5. The summed E-state index contributed by atoms with van der Waals surface area (Å²) >= 11 is 0. The van der Waals surface area contributed by atoms with E-state index in [1.807, 2.05) is 27.2 Å². The molecule has 0 aliphatic carbocycles. The van der Waals surface area contributed by atoms with Crippen molar-refractivity contribution in [3.63, 3.8) is 0 Å². The smallest absolute Gasteiger partial charge is 0.387 e. The number of aliphatic hydroxyl groups is 1. The fraction of sp³-hybridized carbons (Fsp3) is 0.851. The van der Waals surface area contributed by atoms with Crippen molar-refractivity contribution in [2.75, 3.05) is 40.9 Å². The molecule has 0 saturated carbocycles. The molecular formula is C47H92N2O6P+. The van der Waals surface area contributed by atoms with Crippen LogP contribution in [0.5, 0.6) is 0 Å². The van der Waals surface area contributed by atoms with E-state index in [1.54, 1.807) is 6.08 Å². The predicted octanol–water partition coefficient (Wildman–Crippen LogP) is 13.1. The van der Waals surface area contributed by atoms with Crippen LogP contribution in [0.1, 0.15) is 206 Å². The maximum Gasteiger partial charge on any atom is 0.472 e. The zero-order valence-corrected chi connectivity index (χ0v) is 38.3. The molecule has 0 bridgehead atoms. The number of likely N-dealkylation sites (N-methyl/N-ethyl adjacent to an activating group) is 1. The molecule has 9 heteroatoms. The van der Waals surface area contributed by atoms with Gasteiger partial charge in [-0.05, 0) is 51.4 Å². The Labute approximate surface area is 347 Å². The van der Waals surface area contributed by atoms with Gasteiger partial charge in [0.05, 0.1) is 39.9 Å². The first-order valence-corrected chi connectivity index (χ1v) is 24.9. The third-order valence-electron chi connectivity index (χ3n) is 10.4. The summed E-state index contributed by atoms with van der Waals surface area (Å²) in [6.07, 6.45) is 47.9. The number of nitrogens with one attached hydrogen (secondary N) is 1. The van der Waals surface area contributed by atoms with Gasteiger partial charge >= 0.3 is 7.82 Å². The maximum atomic E-state index is 12.9. The zero-order valence-electron chi connectivity index (χ0n) is 37.4. The van der Waals surface area contributed by atoms with E-state index in [1.165, 1.54) is 141 Å². The van der Waals surface area contributed by atoms with Crippen LogP contribution in [0.2, 0.25) is 0 Å². The second-order valence-corrected chi connectivity index (χ2v) is 18.6. The molecule has 1 amide bonds.